The zero-order chi connectivity index (χ0) is 13.1. The summed E-state index contributed by atoms with van der Waals surface area (Å²) in [6.45, 7) is 3.98. The Bertz CT molecular complexity index is 558. The maximum Gasteiger partial charge on any atom is 0.361 e. The highest BCUT2D eigenvalue weighted by molar-refractivity contribution is 5.97. The third kappa shape index (κ3) is 2.20. The van der Waals surface area contributed by atoms with Crippen LogP contribution in [0.5, 0.6) is 0 Å². The Hall–Kier alpha value is -2.30. The monoisotopic (exact) mass is 246 g/mol. The number of nitrogens with zero attached hydrogens (tertiary/aromatic N) is 1. The Morgan fingerprint density at radius 2 is 2.06 bits per heavy atom. The highest BCUT2D eigenvalue weighted by Crippen LogP contribution is 2.30. The fourth-order valence-electron chi connectivity index (χ4n) is 1.64. The Morgan fingerprint density at radius 1 is 1.39 bits per heavy atom. The number of carbonyl (C=O) groups is 1. The summed E-state index contributed by atoms with van der Waals surface area (Å²) < 4.78 is 9.78. The molecule has 0 aliphatic rings. The molecule has 0 aliphatic heterocycles. The molecule has 0 spiro atoms. The van der Waals surface area contributed by atoms with Crippen LogP contribution >= 0.6 is 0 Å². The standard InChI is InChI=1S/C13H14N2O3/c1-3-17-13(16)11-10(12(14)18-15-11)9-6-4-8(2)5-7-9/h4-7H,3,14H2,1-2H3. The molecule has 1 heterocycles. The first kappa shape index (κ1) is 12.2. The lowest BCUT2D eigenvalue weighted by Gasteiger charge is -2.02. The number of anilines is 1. The summed E-state index contributed by atoms with van der Waals surface area (Å²) in [5.41, 5.74) is 8.20. The highest BCUT2D eigenvalue weighted by Gasteiger charge is 2.22. The second-order valence-corrected chi connectivity index (χ2v) is 3.86. The molecule has 0 aliphatic carbocycles. The molecule has 0 bridgehead atoms. The molecular formula is C13H14N2O3. The van der Waals surface area contributed by atoms with Crippen molar-refractivity contribution in [3.8, 4) is 11.1 Å². The number of nitrogen functional groups attached to an aromatic ring is 1. The van der Waals surface area contributed by atoms with Crippen LogP contribution in [0.4, 0.5) is 5.88 Å². The van der Waals surface area contributed by atoms with Crippen LogP contribution in [0.3, 0.4) is 0 Å². The summed E-state index contributed by atoms with van der Waals surface area (Å²) in [4.78, 5) is 11.7. The smallest absolute Gasteiger partial charge is 0.361 e. The fraction of sp³-hybridized carbons (Fsp3) is 0.231. The minimum absolute atomic E-state index is 0.109. The molecule has 0 fully saturated rings. The zero-order valence-corrected chi connectivity index (χ0v) is 10.3. The minimum Gasteiger partial charge on any atom is -0.461 e. The van der Waals surface area contributed by atoms with E-state index in [0.29, 0.717) is 5.56 Å². The van der Waals surface area contributed by atoms with E-state index in [1.165, 1.54) is 0 Å². The molecule has 0 unspecified atom stereocenters. The van der Waals surface area contributed by atoms with Crippen molar-refractivity contribution in [2.75, 3.05) is 12.3 Å². The average molecular weight is 246 g/mol. The molecule has 1 aromatic heterocycles. The molecular weight excluding hydrogens is 232 g/mol. The predicted molar refractivity (Wildman–Crippen MR) is 67.0 cm³/mol. The molecule has 0 atom stereocenters. The summed E-state index contributed by atoms with van der Waals surface area (Å²) in [5, 5.41) is 3.66. The maximum absolute atomic E-state index is 11.7. The van der Waals surface area contributed by atoms with Crippen molar-refractivity contribution in [3.05, 3.63) is 35.5 Å². The van der Waals surface area contributed by atoms with E-state index in [2.05, 4.69) is 5.16 Å². The second-order valence-electron chi connectivity index (χ2n) is 3.86. The van der Waals surface area contributed by atoms with Crippen LogP contribution in [-0.4, -0.2) is 17.7 Å². The molecule has 0 radical (unpaired) electrons. The molecule has 18 heavy (non-hydrogen) atoms. The van der Waals surface area contributed by atoms with Gasteiger partial charge in [0.15, 0.2) is 0 Å². The van der Waals surface area contributed by atoms with Gasteiger partial charge in [0.2, 0.25) is 11.6 Å². The summed E-state index contributed by atoms with van der Waals surface area (Å²) in [6, 6.07) is 7.58. The molecule has 1 aromatic carbocycles. The molecule has 94 valence electrons. The van der Waals surface area contributed by atoms with Crippen molar-refractivity contribution in [2.24, 2.45) is 0 Å². The van der Waals surface area contributed by atoms with E-state index in [-0.39, 0.29) is 18.2 Å². The average Bonchev–Trinajstić information content (AvgIpc) is 2.73. The molecule has 2 aromatic rings. The van der Waals surface area contributed by atoms with Crippen molar-refractivity contribution < 1.29 is 14.1 Å². The quantitative estimate of drug-likeness (QED) is 0.841. The van der Waals surface area contributed by atoms with Crippen LogP contribution < -0.4 is 5.73 Å². The number of rotatable bonds is 3. The first-order valence-electron chi connectivity index (χ1n) is 5.62. The molecule has 5 nitrogen and oxygen atoms in total. The summed E-state index contributed by atoms with van der Waals surface area (Å²) >= 11 is 0. The van der Waals surface area contributed by atoms with Crippen LogP contribution in [-0.2, 0) is 4.74 Å². The van der Waals surface area contributed by atoms with Gasteiger partial charge in [0.25, 0.3) is 0 Å². The van der Waals surface area contributed by atoms with Gasteiger partial charge < -0.3 is 15.0 Å². The van der Waals surface area contributed by atoms with Gasteiger partial charge in [-0.1, -0.05) is 35.0 Å². The molecule has 2 N–H and O–H groups in total. The van der Waals surface area contributed by atoms with Crippen molar-refractivity contribution in [2.45, 2.75) is 13.8 Å². The van der Waals surface area contributed by atoms with E-state index in [1.807, 2.05) is 31.2 Å². The third-order valence-corrected chi connectivity index (χ3v) is 2.53. The van der Waals surface area contributed by atoms with E-state index in [9.17, 15) is 4.79 Å². The predicted octanol–water partition coefficient (Wildman–Crippen LogP) is 2.41. The van der Waals surface area contributed by atoms with Gasteiger partial charge in [-0.05, 0) is 19.4 Å². The van der Waals surface area contributed by atoms with Crippen LogP contribution in [0.25, 0.3) is 11.1 Å². The normalized spacial score (nSPS) is 10.3. The Balaban J connectivity index is 2.46. The van der Waals surface area contributed by atoms with E-state index < -0.39 is 5.97 Å². The second kappa shape index (κ2) is 4.91. The summed E-state index contributed by atoms with van der Waals surface area (Å²) in [7, 11) is 0. The topological polar surface area (TPSA) is 78.3 Å². The number of nitrogens with two attached hydrogens (primary N) is 1. The largest absolute Gasteiger partial charge is 0.461 e. The van der Waals surface area contributed by atoms with Crippen LogP contribution in [0.1, 0.15) is 23.0 Å². The van der Waals surface area contributed by atoms with Gasteiger partial charge >= 0.3 is 5.97 Å². The van der Waals surface area contributed by atoms with E-state index in [1.54, 1.807) is 6.92 Å². The van der Waals surface area contributed by atoms with Gasteiger partial charge in [0.1, 0.15) is 0 Å². The van der Waals surface area contributed by atoms with E-state index >= 15 is 0 Å². The Morgan fingerprint density at radius 3 is 2.67 bits per heavy atom. The lowest BCUT2D eigenvalue weighted by molar-refractivity contribution is 0.0515. The number of aromatic nitrogens is 1. The van der Waals surface area contributed by atoms with Crippen molar-refractivity contribution in [3.63, 3.8) is 0 Å². The first-order valence-corrected chi connectivity index (χ1v) is 5.62. The number of aryl methyl sites for hydroxylation is 1. The number of ether oxygens (including phenoxy) is 1. The van der Waals surface area contributed by atoms with Gasteiger partial charge in [0, 0.05) is 0 Å². The van der Waals surface area contributed by atoms with Crippen molar-refractivity contribution in [1.82, 2.24) is 5.16 Å². The summed E-state index contributed by atoms with van der Waals surface area (Å²) in [6.07, 6.45) is 0. The van der Waals surface area contributed by atoms with Crippen molar-refractivity contribution in [1.29, 1.82) is 0 Å². The van der Waals surface area contributed by atoms with Gasteiger partial charge in [-0.3, -0.25) is 0 Å². The minimum atomic E-state index is -0.534. The Kier molecular flexibility index (Phi) is 3.32. The maximum atomic E-state index is 11.7. The lowest BCUT2D eigenvalue weighted by atomic mass is 10.0. The SMILES string of the molecule is CCOC(=O)c1noc(N)c1-c1ccc(C)cc1. The van der Waals surface area contributed by atoms with Crippen LogP contribution in [0.2, 0.25) is 0 Å². The van der Waals surface area contributed by atoms with Crippen molar-refractivity contribution >= 4 is 11.9 Å². The fourth-order valence-corrected chi connectivity index (χ4v) is 1.64. The number of hydrogen-bond donors (Lipinski definition) is 1. The number of esters is 1. The lowest BCUT2D eigenvalue weighted by Crippen LogP contribution is -2.06. The van der Waals surface area contributed by atoms with Gasteiger partial charge in [-0.15, -0.1) is 0 Å². The van der Waals surface area contributed by atoms with Crippen LogP contribution in [0, 0.1) is 6.92 Å². The molecule has 5 heteroatoms. The van der Waals surface area contributed by atoms with Gasteiger partial charge in [0.05, 0.1) is 12.2 Å². The number of carbonyl (C=O) groups excluding carboxylic acids is 1. The molecule has 0 saturated heterocycles. The number of hydrogen-bond acceptors (Lipinski definition) is 5. The van der Waals surface area contributed by atoms with Gasteiger partial charge in [-0.2, -0.15) is 0 Å². The van der Waals surface area contributed by atoms with Crippen LogP contribution in [0.15, 0.2) is 28.8 Å². The molecule has 0 amide bonds. The first-order chi connectivity index (χ1) is 8.63. The van der Waals surface area contributed by atoms with E-state index in [4.69, 9.17) is 15.0 Å². The van der Waals surface area contributed by atoms with E-state index in [0.717, 1.165) is 11.1 Å². The Labute approximate surface area is 105 Å². The molecule has 2 rings (SSSR count). The number of benzene rings is 1. The molecule has 0 saturated carbocycles. The zero-order valence-electron chi connectivity index (χ0n) is 10.3. The third-order valence-electron chi connectivity index (χ3n) is 2.53. The summed E-state index contributed by atoms with van der Waals surface area (Å²) in [5.74, 6) is -0.421. The van der Waals surface area contributed by atoms with Gasteiger partial charge in [-0.25, -0.2) is 4.79 Å². The highest BCUT2D eigenvalue weighted by atomic mass is 16.5.